The van der Waals surface area contributed by atoms with Gasteiger partial charge in [0.15, 0.2) is 0 Å². The van der Waals surface area contributed by atoms with Gasteiger partial charge in [0.2, 0.25) is 10.0 Å². The molecule has 0 fully saturated rings. The number of nitrogens with one attached hydrogen (secondary N) is 1. The van der Waals surface area contributed by atoms with Crippen LogP contribution in [0.1, 0.15) is 40.8 Å². The van der Waals surface area contributed by atoms with Crippen LogP contribution in [-0.2, 0) is 10.0 Å². The second kappa shape index (κ2) is 7.72. The van der Waals surface area contributed by atoms with E-state index in [4.69, 9.17) is 0 Å². The fraction of sp³-hybridized carbons (Fsp3) is 0.368. The van der Waals surface area contributed by atoms with Gasteiger partial charge in [0.1, 0.15) is 0 Å². The van der Waals surface area contributed by atoms with Gasteiger partial charge in [-0.15, -0.1) is 0 Å². The first-order valence-corrected chi connectivity index (χ1v) is 10.1. The highest BCUT2D eigenvalue weighted by atomic mass is 32.2. The average Bonchev–Trinajstić information content (AvgIpc) is 2.51. The SMILES string of the molecule is CCC(NS(=O)(=O)c1c(C)cc(C)cc1C)C(S)c1ccccc1. The van der Waals surface area contributed by atoms with E-state index in [9.17, 15) is 8.42 Å². The van der Waals surface area contributed by atoms with Gasteiger partial charge >= 0.3 is 0 Å². The molecule has 0 saturated carbocycles. The molecule has 0 aliphatic rings. The lowest BCUT2D eigenvalue weighted by Crippen LogP contribution is -2.38. The van der Waals surface area contributed by atoms with Crippen LogP contribution in [0.5, 0.6) is 0 Å². The number of aryl methyl sites for hydroxylation is 3. The first-order valence-electron chi connectivity index (χ1n) is 8.09. The van der Waals surface area contributed by atoms with Gasteiger partial charge in [0, 0.05) is 11.3 Å². The van der Waals surface area contributed by atoms with Crippen LogP contribution in [0.4, 0.5) is 0 Å². The monoisotopic (exact) mass is 363 g/mol. The Labute approximate surface area is 151 Å². The number of rotatable bonds is 6. The predicted molar refractivity (Wildman–Crippen MR) is 103 cm³/mol. The first-order chi connectivity index (χ1) is 11.3. The third-order valence-electron chi connectivity index (χ3n) is 4.14. The zero-order valence-corrected chi connectivity index (χ0v) is 16.3. The summed E-state index contributed by atoms with van der Waals surface area (Å²) in [5, 5.41) is -0.197. The second-order valence-electron chi connectivity index (χ2n) is 6.22. The van der Waals surface area contributed by atoms with Crippen molar-refractivity contribution in [1.29, 1.82) is 0 Å². The molecule has 0 aliphatic carbocycles. The molecule has 0 radical (unpaired) electrons. The van der Waals surface area contributed by atoms with E-state index in [-0.39, 0.29) is 11.3 Å². The Bertz CT molecular complexity index is 778. The lowest BCUT2D eigenvalue weighted by Gasteiger charge is -2.24. The van der Waals surface area contributed by atoms with Gasteiger partial charge in [0.25, 0.3) is 0 Å². The standard InChI is InChI=1S/C19H25NO2S2/c1-5-17(18(23)16-9-7-6-8-10-16)20-24(21,22)19-14(3)11-13(2)12-15(19)4/h6-12,17-18,20,23H,5H2,1-4H3. The van der Waals surface area contributed by atoms with Gasteiger partial charge in [0.05, 0.1) is 4.90 Å². The maximum absolute atomic E-state index is 12.9. The molecule has 130 valence electrons. The Hall–Kier alpha value is -1.30. The van der Waals surface area contributed by atoms with Gasteiger partial charge in [-0.1, -0.05) is 55.0 Å². The lowest BCUT2D eigenvalue weighted by molar-refractivity contribution is 0.532. The number of thiol groups is 1. The van der Waals surface area contributed by atoms with E-state index in [0.29, 0.717) is 11.3 Å². The number of sulfonamides is 1. The molecule has 5 heteroatoms. The highest BCUT2D eigenvalue weighted by Gasteiger charge is 2.27. The van der Waals surface area contributed by atoms with E-state index in [0.717, 1.165) is 22.3 Å². The average molecular weight is 364 g/mol. The number of benzene rings is 2. The molecule has 2 atom stereocenters. The summed E-state index contributed by atoms with van der Waals surface area (Å²) in [6.07, 6.45) is 0.659. The Kier molecular flexibility index (Phi) is 6.12. The predicted octanol–water partition coefficient (Wildman–Crippen LogP) is 4.34. The summed E-state index contributed by atoms with van der Waals surface area (Å²) in [6.45, 7) is 7.61. The molecule has 0 aliphatic heterocycles. The minimum atomic E-state index is -3.60. The second-order valence-corrected chi connectivity index (χ2v) is 8.43. The Morgan fingerprint density at radius 3 is 2.08 bits per heavy atom. The molecule has 0 amide bonds. The van der Waals surface area contributed by atoms with Gasteiger partial charge in [-0.05, 0) is 43.9 Å². The Morgan fingerprint density at radius 1 is 1.04 bits per heavy atom. The molecule has 2 aromatic rings. The fourth-order valence-corrected chi connectivity index (χ4v) is 5.45. The summed E-state index contributed by atoms with van der Waals surface area (Å²) < 4.78 is 28.7. The minimum absolute atomic E-state index is 0.197. The number of hydrogen-bond donors (Lipinski definition) is 2. The molecular weight excluding hydrogens is 338 g/mol. The van der Waals surface area contributed by atoms with Crippen molar-refractivity contribution in [3.8, 4) is 0 Å². The van der Waals surface area contributed by atoms with E-state index in [1.54, 1.807) is 0 Å². The minimum Gasteiger partial charge on any atom is -0.207 e. The third kappa shape index (κ3) is 4.21. The molecule has 0 saturated heterocycles. The van der Waals surface area contributed by atoms with E-state index in [1.165, 1.54) is 0 Å². The van der Waals surface area contributed by atoms with Crippen molar-refractivity contribution in [3.63, 3.8) is 0 Å². The van der Waals surface area contributed by atoms with Crippen molar-refractivity contribution in [2.45, 2.75) is 50.3 Å². The molecule has 2 aromatic carbocycles. The van der Waals surface area contributed by atoms with Gasteiger partial charge < -0.3 is 0 Å². The zero-order valence-electron chi connectivity index (χ0n) is 14.6. The van der Waals surface area contributed by atoms with Crippen LogP contribution in [0.3, 0.4) is 0 Å². The van der Waals surface area contributed by atoms with Crippen molar-refractivity contribution in [3.05, 3.63) is 64.7 Å². The maximum Gasteiger partial charge on any atom is 0.241 e. The van der Waals surface area contributed by atoms with Crippen LogP contribution < -0.4 is 4.72 Å². The fourth-order valence-electron chi connectivity index (χ4n) is 3.10. The Balaban J connectivity index is 2.33. The molecule has 0 heterocycles. The summed E-state index contributed by atoms with van der Waals surface area (Å²) in [7, 11) is -3.60. The maximum atomic E-state index is 12.9. The third-order valence-corrected chi connectivity index (χ3v) is 6.59. The van der Waals surface area contributed by atoms with Gasteiger partial charge in [-0.3, -0.25) is 0 Å². The quantitative estimate of drug-likeness (QED) is 0.750. The summed E-state index contributed by atoms with van der Waals surface area (Å²) in [6, 6.07) is 13.3. The van der Waals surface area contributed by atoms with Gasteiger partial charge in [-0.2, -0.15) is 12.6 Å². The molecule has 2 unspecified atom stereocenters. The highest BCUT2D eigenvalue weighted by molar-refractivity contribution is 7.89. The van der Waals surface area contributed by atoms with E-state index in [2.05, 4.69) is 17.4 Å². The Morgan fingerprint density at radius 2 is 1.58 bits per heavy atom. The summed E-state index contributed by atoms with van der Waals surface area (Å²) >= 11 is 4.66. The van der Waals surface area contributed by atoms with Crippen molar-refractivity contribution < 1.29 is 8.42 Å². The molecule has 0 aromatic heterocycles. The van der Waals surface area contributed by atoms with Gasteiger partial charge in [-0.25, -0.2) is 13.1 Å². The van der Waals surface area contributed by atoms with Crippen LogP contribution in [-0.4, -0.2) is 14.5 Å². The van der Waals surface area contributed by atoms with Crippen molar-refractivity contribution in [1.82, 2.24) is 4.72 Å². The van der Waals surface area contributed by atoms with Crippen molar-refractivity contribution in [2.24, 2.45) is 0 Å². The van der Waals surface area contributed by atoms with E-state index >= 15 is 0 Å². The van der Waals surface area contributed by atoms with Crippen LogP contribution >= 0.6 is 12.6 Å². The summed E-state index contributed by atoms with van der Waals surface area (Å²) in [4.78, 5) is 0.375. The van der Waals surface area contributed by atoms with Crippen molar-refractivity contribution in [2.75, 3.05) is 0 Å². The van der Waals surface area contributed by atoms with E-state index < -0.39 is 10.0 Å². The number of hydrogen-bond acceptors (Lipinski definition) is 3. The molecule has 3 nitrogen and oxygen atoms in total. The molecule has 0 bridgehead atoms. The highest BCUT2D eigenvalue weighted by Crippen LogP contribution is 2.28. The molecule has 1 N–H and O–H groups in total. The molecule has 24 heavy (non-hydrogen) atoms. The van der Waals surface area contributed by atoms with Crippen LogP contribution in [0.25, 0.3) is 0 Å². The van der Waals surface area contributed by atoms with E-state index in [1.807, 2.05) is 70.2 Å². The molecule has 0 spiro atoms. The van der Waals surface area contributed by atoms with Crippen LogP contribution in [0, 0.1) is 20.8 Å². The normalized spacial score (nSPS) is 14.4. The van der Waals surface area contributed by atoms with Crippen molar-refractivity contribution >= 4 is 22.7 Å². The first kappa shape index (κ1) is 19.0. The zero-order chi connectivity index (χ0) is 17.9. The van der Waals surface area contributed by atoms with Crippen LogP contribution in [0.2, 0.25) is 0 Å². The van der Waals surface area contributed by atoms with Crippen LogP contribution in [0.15, 0.2) is 47.4 Å². The summed E-state index contributed by atoms with van der Waals surface area (Å²) in [5.74, 6) is 0. The largest absolute Gasteiger partial charge is 0.241 e. The summed E-state index contributed by atoms with van der Waals surface area (Å²) in [5.41, 5.74) is 3.61. The smallest absolute Gasteiger partial charge is 0.207 e. The topological polar surface area (TPSA) is 46.2 Å². The lowest BCUT2D eigenvalue weighted by atomic mass is 10.0. The molecular formula is C19H25NO2S2. The molecule has 2 rings (SSSR count).